The maximum absolute atomic E-state index is 14.2. The van der Waals surface area contributed by atoms with Gasteiger partial charge in [0.25, 0.3) is 0 Å². The van der Waals surface area contributed by atoms with Crippen LogP contribution in [0, 0.1) is 5.82 Å². The molecule has 0 radical (unpaired) electrons. The summed E-state index contributed by atoms with van der Waals surface area (Å²) in [6, 6.07) is 15.9. The Morgan fingerprint density at radius 1 is 1.00 bits per heavy atom. The van der Waals surface area contributed by atoms with Crippen molar-refractivity contribution in [2.75, 3.05) is 19.5 Å². The molecule has 0 saturated carbocycles. The van der Waals surface area contributed by atoms with Crippen LogP contribution in [0.4, 0.5) is 10.1 Å². The molecule has 0 bridgehead atoms. The first kappa shape index (κ1) is 24.7. The number of nitrogens with one attached hydrogen (secondary N) is 2. The lowest BCUT2D eigenvalue weighted by molar-refractivity contribution is -0.117. The highest BCUT2D eigenvalue weighted by molar-refractivity contribution is 9.10. The Morgan fingerprint density at radius 2 is 1.70 bits per heavy atom. The molecule has 2 N–H and O–H groups in total. The Labute approximate surface area is 200 Å². The molecular weight excluding hydrogens is 515 g/mol. The fourth-order valence-corrected chi connectivity index (χ4v) is 4.63. The Bertz CT molecular complexity index is 1240. The predicted octanol–water partition coefficient (Wildman–Crippen LogP) is 4.13. The van der Waals surface area contributed by atoms with Gasteiger partial charge in [0.05, 0.1) is 24.8 Å². The minimum absolute atomic E-state index is 0.0529. The topological polar surface area (TPSA) is 93.7 Å². The third-order valence-electron chi connectivity index (χ3n) is 4.75. The normalized spacial score (nSPS) is 12.1. The molecule has 0 aliphatic heterocycles. The summed E-state index contributed by atoms with van der Waals surface area (Å²) in [7, 11) is -1.31. The van der Waals surface area contributed by atoms with Gasteiger partial charge in [-0.2, -0.15) is 4.72 Å². The van der Waals surface area contributed by atoms with Gasteiger partial charge in [-0.3, -0.25) is 4.79 Å². The first-order valence-corrected chi connectivity index (χ1v) is 12.1. The number of carbonyl (C=O) groups excluding carboxylic acids is 1. The number of hydrogen-bond acceptors (Lipinski definition) is 5. The van der Waals surface area contributed by atoms with E-state index in [1.165, 1.54) is 44.6 Å². The van der Waals surface area contributed by atoms with Gasteiger partial charge in [0, 0.05) is 10.5 Å². The lowest BCUT2D eigenvalue weighted by Crippen LogP contribution is -2.45. The average molecular weight is 537 g/mol. The van der Waals surface area contributed by atoms with E-state index in [-0.39, 0.29) is 22.8 Å². The predicted molar refractivity (Wildman–Crippen MR) is 127 cm³/mol. The molecule has 3 rings (SSSR count). The summed E-state index contributed by atoms with van der Waals surface area (Å²) in [5.74, 6) is -0.773. The number of amides is 1. The maximum Gasteiger partial charge on any atom is 0.242 e. The molecule has 0 aliphatic rings. The molecule has 1 unspecified atom stereocenters. The molecule has 0 saturated heterocycles. The Kier molecular flexibility index (Phi) is 8.06. The van der Waals surface area contributed by atoms with Crippen LogP contribution in [0.1, 0.15) is 5.56 Å². The summed E-state index contributed by atoms with van der Waals surface area (Å²) in [6.45, 7) is 0. The largest absolute Gasteiger partial charge is 0.493 e. The van der Waals surface area contributed by atoms with Gasteiger partial charge in [0.2, 0.25) is 15.9 Å². The van der Waals surface area contributed by atoms with Crippen molar-refractivity contribution in [1.29, 1.82) is 0 Å². The van der Waals surface area contributed by atoms with Crippen LogP contribution in [0.2, 0.25) is 0 Å². The molecular formula is C23H22BrFN2O5S. The third-order valence-corrected chi connectivity index (χ3v) is 6.71. The van der Waals surface area contributed by atoms with Gasteiger partial charge in [-0.25, -0.2) is 12.8 Å². The highest BCUT2D eigenvalue weighted by Crippen LogP contribution is 2.29. The fourth-order valence-electron chi connectivity index (χ4n) is 3.09. The first-order chi connectivity index (χ1) is 15.7. The number of ether oxygens (including phenoxy) is 2. The summed E-state index contributed by atoms with van der Waals surface area (Å²) in [4.78, 5) is 12.9. The maximum atomic E-state index is 14.2. The number of benzene rings is 3. The zero-order valence-corrected chi connectivity index (χ0v) is 20.2. The molecule has 0 spiro atoms. The van der Waals surface area contributed by atoms with Gasteiger partial charge in [0.1, 0.15) is 11.9 Å². The van der Waals surface area contributed by atoms with Crippen molar-refractivity contribution in [3.8, 4) is 11.5 Å². The summed E-state index contributed by atoms with van der Waals surface area (Å²) < 4.78 is 53.7. The van der Waals surface area contributed by atoms with E-state index >= 15 is 0 Å². The first-order valence-electron chi connectivity index (χ1n) is 9.77. The molecule has 10 heteroatoms. The number of anilines is 1. The molecule has 0 aliphatic carbocycles. The van der Waals surface area contributed by atoms with E-state index in [2.05, 4.69) is 26.0 Å². The van der Waals surface area contributed by atoms with Crippen LogP contribution in [-0.2, 0) is 21.2 Å². The number of sulfonamides is 1. The molecule has 174 valence electrons. The standard InChI is InChI=1S/C23H22BrFN2O5S/c1-31-21-11-9-17(14-22(21)32-2)33(29,30)27-20(12-15-6-4-3-5-7-15)23(28)26-19-10-8-16(24)13-18(19)25/h3-11,13-14,20,27H,12H2,1-2H3,(H,26,28). The molecule has 3 aromatic rings. The second kappa shape index (κ2) is 10.8. The van der Waals surface area contributed by atoms with E-state index in [1.54, 1.807) is 30.3 Å². The van der Waals surface area contributed by atoms with E-state index in [0.29, 0.717) is 10.2 Å². The monoisotopic (exact) mass is 536 g/mol. The highest BCUT2D eigenvalue weighted by atomic mass is 79.9. The van der Waals surface area contributed by atoms with Gasteiger partial charge in [-0.05, 0) is 42.3 Å². The fraction of sp³-hybridized carbons (Fsp3) is 0.174. The molecule has 0 heterocycles. The molecule has 1 amide bonds. The van der Waals surface area contributed by atoms with Gasteiger partial charge in [0.15, 0.2) is 11.5 Å². The minimum Gasteiger partial charge on any atom is -0.493 e. The Hall–Kier alpha value is -2.95. The van der Waals surface area contributed by atoms with Crippen molar-refractivity contribution in [3.63, 3.8) is 0 Å². The molecule has 7 nitrogen and oxygen atoms in total. The lowest BCUT2D eigenvalue weighted by atomic mass is 10.1. The van der Waals surface area contributed by atoms with Crippen molar-refractivity contribution in [1.82, 2.24) is 4.72 Å². The minimum atomic E-state index is -4.14. The number of methoxy groups -OCH3 is 2. The summed E-state index contributed by atoms with van der Waals surface area (Å²) in [5.41, 5.74) is 0.663. The second-order valence-electron chi connectivity index (χ2n) is 6.99. The SMILES string of the molecule is COc1ccc(S(=O)(=O)NC(Cc2ccccc2)C(=O)Nc2ccc(Br)cc2F)cc1OC. The summed E-state index contributed by atoms with van der Waals surface area (Å²) >= 11 is 3.16. The highest BCUT2D eigenvalue weighted by Gasteiger charge is 2.27. The Morgan fingerprint density at radius 3 is 2.33 bits per heavy atom. The van der Waals surface area contributed by atoms with Crippen molar-refractivity contribution >= 4 is 37.5 Å². The van der Waals surface area contributed by atoms with E-state index in [9.17, 15) is 17.6 Å². The molecule has 1 atom stereocenters. The smallest absolute Gasteiger partial charge is 0.242 e. The zero-order valence-electron chi connectivity index (χ0n) is 17.8. The van der Waals surface area contributed by atoms with Crippen LogP contribution < -0.4 is 19.5 Å². The number of rotatable bonds is 9. The second-order valence-corrected chi connectivity index (χ2v) is 9.62. The van der Waals surface area contributed by atoms with Gasteiger partial charge in [-0.1, -0.05) is 46.3 Å². The van der Waals surface area contributed by atoms with Crippen LogP contribution in [0.15, 0.2) is 76.1 Å². The van der Waals surface area contributed by atoms with Crippen molar-refractivity contribution < 1.29 is 27.1 Å². The quantitative estimate of drug-likeness (QED) is 0.428. The van der Waals surface area contributed by atoms with Crippen LogP contribution in [0.5, 0.6) is 11.5 Å². The van der Waals surface area contributed by atoms with Crippen LogP contribution in [0.3, 0.4) is 0 Å². The lowest BCUT2D eigenvalue weighted by Gasteiger charge is -2.19. The summed E-state index contributed by atoms with van der Waals surface area (Å²) in [6.07, 6.45) is 0.0529. The number of halogens is 2. The van der Waals surface area contributed by atoms with Crippen molar-refractivity contribution in [3.05, 3.63) is 82.6 Å². The van der Waals surface area contributed by atoms with Crippen molar-refractivity contribution in [2.45, 2.75) is 17.4 Å². The van der Waals surface area contributed by atoms with Gasteiger partial charge >= 0.3 is 0 Å². The molecule has 0 aromatic heterocycles. The molecule has 3 aromatic carbocycles. The van der Waals surface area contributed by atoms with E-state index < -0.39 is 27.8 Å². The van der Waals surface area contributed by atoms with Gasteiger partial charge < -0.3 is 14.8 Å². The van der Waals surface area contributed by atoms with E-state index in [0.717, 1.165) is 5.56 Å². The summed E-state index contributed by atoms with van der Waals surface area (Å²) in [5, 5.41) is 2.47. The molecule has 33 heavy (non-hydrogen) atoms. The third kappa shape index (κ3) is 6.31. The zero-order chi connectivity index (χ0) is 24.0. The van der Waals surface area contributed by atoms with Crippen LogP contribution in [-0.4, -0.2) is 34.6 Å². The molecule has 0 fully saturated rings. The van der Waals surface area contributed by atoms with E-state index in [1.807, 2.05) is 6.07 Å². The van der Waals surface area contributed by atoms with E-state index in [4.69, 9.17) is 9.47 Å². The average Bonchev–Trinajstić information content (AvgIpc) is 2.80. The van der Waals surface area contributed by atoms with Crippen LogP contribution >= 0.6 is 15.9 Å². The van der Waals surface area contributed by atoms with Crippen molar-refractivity contribution in [2.24, 2.45) is 0 Å². The number of hydrogen-bond donors (Lipinski definition) is 2. The number of carbonyl (C=O) groups is 1. The van der Waals surface area contributed by atoms with Gasteiger partial charge in [-0.15, -0.1) is 0 Å². The van der Waals surface area contributed by atoms with Crippen LogP contribution in [0.25, 0.3) is 0 Å². The Balaban J connectivity index is 1.91.